The van der Waals surface area contributed by atoms with Gasteiger partial charge in [-0.1, -0.05) is 291 Å². The molecule has 0 saturated carbocycles. The Morgan fingerprint density at radius 2 is 0.471 bits per heavy atom. The fourth-order valence-corrected chi connectivity index (χ4v) is 11.6. The summed E-state index contributed by atoms with van der Waals surface area (Å²) in [5.74, 6) is -2.13. The number of ether oxygens (including phenoxy) is 4. The Morgan fingerprint density at radius 1 is 0.282 bits per heavy atom. The van der Waals surface area contributed by atoms with E-state index in [1.54, 1.807) is 0 Å². The van der Waals surface area contributed by atoms with Gasteiger partial charge in [0.05, 0.1) is 26.4 Å². The van der Waals surface area contributed by atoms with Crippen LogP contribution in [0.15, 0.2) is 0 Å². The van der Waals surface area contributed by atoms with Gasteiger partial charge in [-0.2, -0.15) is 0 Å². The topological polar surface area (TPSA) is 237 Å². The molecule has 0 saturated heterocycles. The normalized spacial score (nSPS) is 14.1. The molecule has 504 valence electrons. The highest BCUT2D eigenvalue weighted by Crippen LogP contribution is 2.45. The van der Waals surface area contributed by atoms with Crippen molar-refractivity contribution in [3.63, 3.8) is 0 Å². The third-order valence-corrected chi connectivity index (χ3v) is 17.3. The molecule has 2 unspecified atom stereocenters. The van der Waals surface area contributed by atoms with Crippen LogP contribution in [0.4, 0.5) is 0 Å². The molecule has 0 bridgehead atoms. The number of phosphoric acid groups is 2. The van der Waals surface area contributed by atoms with Crippen LogP contribution in [0.25, 0.3) is 0 Å². The van der Waals surface area contributed by atoms with E-state index >= 15 is 0 Å². The fourth-order valence-electron chi connectivity index (χ4n) is 9.99. The predicted octanol–water partition coefficient (Wildman–Crippen LogP) is 18.7. The lowest BCUT2D eigenvalue weighted by atomic mass is 10.0. The summed E-state index contributed by atoms with van der Waals surface area (Å²) in [6, 6.07) is 0. The Morgan fingerprint density at radius 3 is 0.694 bits per heavy atom. The highest BCUT2D eigenvalue weighted by molar-refractivity contribution is 7.47. The molecule has 17 nitrogen and oxygen atoms in total. The van der Waals surface area contributed by atoms with Crippen LogP contribution in [-0.4, -0.2) is 96.7 Å². The van der Waals surface area contributed by atoms with Crippen molar-refractivity contribution in [1.29, 1.82) is 0 Å². The standard InChI is InChI=1S/C66H128O17P2/c1-5-9-13-17-21-24-27-29-30-32-34-37-41-45-49-53-66(71)83-62(57-77-64(69)51-47-43-39-36-33-31-28-25-22-18-14-10-6-2)59-81-85(74,75)79-55-60(67)54-78-84(72,73)80-58-61(56-76-63(68)50-46-42-38-20-16-12-8-4)82-65(70)52-48-44-40-35-26-23-19-15-11-7-3/h60-62,67H,5-59H2,1-4H3,(H,72,73)(H,74,75)/t60-,61+,62+/m0/s1. The van der Waals surface area contributed by atoms with Crippen LogP contribution in [0.1, 0.15) is 342 Å². The Kier molecular flexibility index (Phi) is 59.6. The van der Waals surface area contributed by atoms with E-state index in [2.05, 4.69) is 27.7 Å². The number of phosphoric ester groups is 2. The van der Waals surface area contributed by atoms with Crippen molar-refractivity contribution in [2.24, 2.45) is 0 Å². The van der Waals surface area contributed by atoms with E-state index in [9.17, 15) is 43.2 Å². The smallest absolute Gasteiger partial charge is 0.462 e. The Hall–Kier alpha value is -1.94. The SMILES string of the molecule is CCCCCCCCCCCCCCCCCC(=O)O[C@H](COC(=O)CCCCCCCCCCCCCCC)COP(=O)(O)OC[C@@H](O)COP(=O)(O)OC[C@@H](COC(=O)CCCCCCCCC)OC(=O)CCCCCCCCCCCC. The van der Waals surface area contributed by atoms with Crippen molar-refractivity contribution in [3.8, 4) is 0 Å². The molecule has 0 spiro atoms. The summed E-state index contributed by atoms with van der Waals surface area (Å²) in [6.45, 7) is 4.87. The van der Waals surface area contributed by atoms with Gasteiger partial charge in [-0.15, -0.1) is 0 Å². The van der Waals surface area contributed by atoms with Gasteiger partial charge < -0.3 is 33.8 Å². The third kappa shape index (κ3) is 60.7. The number of carbonyl (C=O) groups excluding carboxylic acids is 4. The van der Waals surface area contributed by atoms with Crippen LogP contribution < -0.4 is 0 Å². The average molecular weight is 1260 g/mol. The van der Waals surface area contributed by atoms with Gasteiger partial charge in [0.2, 0.25) is 0 Å². The quantitative estimate of drug-likeness (QED) is 0.0222. The van der Waals surface area contributed by atoms with Crippen LogP contribution in [-0.2, 0) is 65.4 Å². The maximum Gasteiger partial charge on any atom is 0.472 e. The number of hydrogen-bond donors (Lipinski definition) is 3. The van der Waals surface area contributed by atoms with Crippen molar-refractivity contribution in [2.45, 2.75) is 361 Å². The summed E-state index contributed by atoms with van der Waals surface area (Å²) < 4.78 is 68.0. The van der Waals surface area contributed by atoms with Gasteiger partial charge in [-0.25, -0.2) is 9.13 Å². The molecule has 0 aromatic carbocycles. The molecule has 19 heteroatoms. The maximum atomic E-state index is 13.0. The van der Waals surface area contributed by atoms with E-state index in [0.29, 0.717) is 25.7 Å². The highest BCUT2D eigenvalue weighted by atomic mass is 31.2. The zero-order chi connectivity index (χ0) is 62.6. The molecular weight excluding hydrogens is 1130 g/mol. The molecule has 0 amide bonds. The van der Waals surface area contributed by atoms with Gasteiger partial charge in [-0.3, -0.25) is 37.3 Å². The number of rotatable bonds is 67. The van der Waals surface area contributed by atoms with Gasteiger partial charge in [0, 0.05) is 25.7 Å². The van der Waals surface area contributed by atoms with Crippen molar-refractivity contribution < 1.29 is 80.2 Å². The predicted molar refractivity (Wildman–Crippen MR) is 340 cm³/mol. The number of carbonyl (C=O) groups is 4. The van der Waals surface area contributed by atoms with Crippen molar-refractivity contribution in [2.75, 3.05) is 39.6 Å². The van der Waals surface area contributed by atoms with Gasteiger partial charge in [0.1, 0.15) is 19.3 Å². The molecular formula is C66H128O17P2. The molecule has 0 heterocycles. The van der Waals surface area contributed by atoms with Crippen LogP contribution >= 0.6 is 15.6 Å². The molecule has 0 aliphatic carbocycles. The van der Waals surface area contributed by atoms with Crippen LogP contribution in [0, 0.1) is 0 Å². The first-order valence-electron chi connectivity index (χ1n) is 34.8. The van der Waals surface area contributed by atoms with E-state index in [4.69, 9.17) is 37.0 Å². The van der Waals surface area contributed by atoms with E-state index < -0.39 is 97.5 Å². The Balaban J connectivity index is 5.20. The number of esters is 4. The molecule has 3 N–H and O–H groups in total. The summed E-state index contributed by atoms with van der Waals surface area (Å²) in [4.78, 5) is 72.2. The van der Waals surface area contributed by atoms with Crippen molar-refractivity contribution in [3.05, 3.63) is 0 Å². The van der Waals surface area contributed by atoms with Crippen LogP contribution in [0.5, 0.6) is 0 Å². The summed E-state index contributed by atoms with van der Waals surface area (Å²) in [5.41, 5.74) is 0. The number of hydrogen-bond acceptors (Lipinski definition) is 15. The highest BCUT2D eigenvalue weighted by Gasteiger charge is 2.30. The molecule has 0 fully saturated rings. The zero-order valence-corrected chi connectivity index (χ0v) is 56.4. The number of aliphatic hydroxyl groups excluding tert-OH is 1. The minimum absolute atomic E-state index is 0.106. The Labute approximate surface area is 517 Å². The summed E-state index contributed by atoms with van der Waals surface area (Å²) in [6.07, 6.45) is 47.2. The van der Waals surface area contributed by atoms with E-state index in [-0.39, 0.29) is 25.7 Å². The van der Waals surface area contributed by atoms with Gasteiger partial charge in [0.15, 0.2) is 12.2 Å². The molecule has 5 atom stereocenters. The monoisotopic (exact) mass is 1250 g/mol. The molecule has 0 aliphatic heterocycles. The lowest BCUT2D eigenvalue weighted by molar-refractivity contribution is -0.161. The minimum Gasteiger partial charge on any atom is -0.462 e. The van der Waals surface area contributed by atoms with E-state index in [1.165, 1.54) is 161 Å². The van der Waals surface area contributed by atoms with Gasteiger partial charge in [0.25, 0.3) is 0 Å². The van der Waals surface area contributed by atoms with Crippen LogP contribution in [0.3, 0.4) is 0 Å². The molecule has 0 aromatic heterocycles. The van der Waals surface area contributed by atoms with E-state index in [1.807, 2.05) is 0 Å². The minimum atomic E-state index is -4.94. The summed E-state index contributed by atoms with van der Waals surface area (Å²) in [5, 5.41) is 10.5. The molecule has 85 heavy (non-hydrogen) atoms. The second-order valence-corrected chi connectivity index (χ2v) is 26.8. The molecule has 0 aliphatic rings. The van der Waals surface area contributed by atoms with Crippen molar-refractivity contribution >= 4 is 39.5 Å². The summed E-state index contributed by atoms with van der Waals surface area (Å²) >= 11 is 0. The Bertz CT molecular complexity index is 1640. The summed E-state index contributed by atoms with van der Waals surface area (Å²) in [7, 11) is -9.88. The maximum absolute atomic E-state index is 13.0. The second kappa shape index (κ2) is 60.9. The molecule has 0 aromatic rings. The first-order chi connectivity index (χ1) is 41.2. The average Bonchev–Trinajstić information content (AvgIpc) is 3.51. The number of aliphatic hydroxyl groups is 1. The second-order valence-electron chi connectivity index (χ2n) is 23.9. The number of unbranched alkanes of at least 4 members (excludes halogenated alkanes) is 41. The van der Waals surface area contributed by atoms with Crippen molar-refractivity contribution in [1.82, 2.24) is 0 Å². The zero-order valence-electron chi connectivity index (χ0n) is 54.6. The largest absolute Gasteiger partial charge is 0.472 e. The molecule has 0 rings (SSSR count). The molecule has 0 radical (unpaired) electrons. The first kappa shape index (κ1) is 83.1. The lowest BCUT2D eigenvalue weighted by Crippen LogP contribution is -2.30. The third-order valence-electron chi connectivity index (χ3n) is 15.4. The fraction of sp³-hybridized carbons (Fsp3) is 0.939. The van der Waals surface area contributed by atoms with Gasteiger partial charge >= 0.3 is 39.5 Å². The first-order valence-corrected chi connectivity index (χ1v) is 37.8. The van der Waals surface area contributed by atoms with Gasteiger partial charge in [-0.05, 0) is 25.7 Å². The lowest BCUT2D eigenvalue weighted by Gasteiger charge is -2.21. The van der Waals surface area contributed by atoms with E-state index in [0.717, 1.165) is 103 Å². The van der Waals surface area contributed by atoms with Crippen LogP contribution in [0.2, 0.25) is 0 Å².